The van der Waals surface area contributed by atoms with Crippen LogP contribution in [0.3, 0.4) is 0 Å². The number of rotatable bonds is 6. The van der Waals surface area contributed by atoms with E-state index < -0.39 is 5.92 Å². The number of amidine groups is 1. The fourth-order valence-corrected chi connectivity index (χ4v) is 4.05. The van der Waals surface area contributed by atoms with Crippen molar-refractivity contribution in [2.45, 2.75) is 37.6 Å². The minimum atomic E-state index is -2.69. The minimum Gasteiger partial charge on any atom is -0.378 e. The molecule has 1 N–H and O–H groups in total. The molecule has 4 heterocycles. The monoisotopic (exact) mass is 430 g/mol. The Labute approximate surface area is 181 Å². The number of aliphatic imine (C=N–C) groups is 1. The van der Waals surface area contributed by atoms with E-state index in [1.54, 1.807) is 18.0 Å². The third-order valence-electron chi connectivity index (χ3n) is 6.18. The number of nitrogens with one attached hydrogen (secondary N) is 1. The van der Waals surface area contributed by atoms with E-state index in [0.717, 1.165) is 31.9 Å². The van der Waals surface area contributed by atoms with Gasteiger partial charge in [0, 0.05) is 44.6 Å². The second kappa shape index (κ2) is 8.89. The van der Waals surface area contributed by atoms with E-state index in [0.29, 0.717) is 41.4 Å². The van der Waals surface area contributed by atoms with Crippen LogP contribution in [0.15, 0.2) is 28.8 Å². The van der Waals surface area contributed by atoms with Crippen molar-refractivity contribution in [1.29, 1.82) is 5.26 Å². The quantitative estimate of drug-likeness (QED) is 0.425. The number of ether oxygens (including phenoxy) is 1. The van der Waals surface area contributed by atoms with E-state index in [1.807, 2.05) is 19.1 Å². The highest BCUT2D eigenvalue weighted by Crippen LogP contribution is 2.35. The van der Waals surface area contributed by atoms with Gasteiger partial charge in [-0.3, -0.25) is 9.89 Å². The third kappa shape index (κ3) is 4.86. The first kappa shape index (κ1) is 21.7. The molecule has 7 nitrogen and oxygen atoms in total. The summed E-state index contributed by atoms with van der Waals surface area (Å²) < 4.78 is 32.9. The summed E-state index contributed by atoms with van der Waals surface area (Å²) in [5.74, 6) is -0.738. The van der Waals surface area contributed by atoms with Crippen LogP contribution in [-0.4, -0.2) is 74.1 Å². The molecular formula is C22H28F2N6O. The predicted octanol–water partition coefficient (Wildman–Crippen LogP) is 3.03. The van der Waals surface area contributed by atoms with Crippen LogP contribution in [0.5, 0.6) is 0 Å². The van der Waals surface area contributed by atoms with Crippen molar-refractivity contribution >= 4 is 17.5 Å². The van der Waals surface area contributed by atoms with Gasteiger partial charge in [-0.05, 0) is 30.2 Å². The number of nitriles is 1. The Morgan fingerprint density at radius 3 is 2.74 bits per heavy atom. The summed E-state index contributed by atoms with van der Waals surface area (Å²) >= 11 is 0. The zero-order valence-corrected chi connectivity index (χ0v) is 17.9. The van der Waals surface area contributed by atoms with Crippen LogP contribution in [0.2, 0.25) is 0 Å². The lowest BCUT2D eigenvalue weighted by atomic mass is 9.90. The Hall–Kier alpha value is -2.57. The number of hydrogen-bond acceptors (Lipinski definition) is 6. The van der Waals surface area contributed by atoms with Crippen molar-refractivity contribution in [3.8, 4) is 6.07 Å². The molecule has 0 spiro atoms. The fourth-order valence-electron chi connectivity index (χ4n) is 4.05. The van der Waals surface area contributed by atoms with Crippen LogP contribution in [0.1, 0.15) is 31.2 Å². The summed E-state index contributed by atoms with van der Waals surface area (Å²) in [5.41, 5.74) is 1.68. The molecule has 0 atom stereocenters. The van der Waals surface area contributed by atoms with Crippen molar-refractivity contribution in [2.24, 2.45) is 4.99 Å². The number of pyridine rings is 1. The number of allylic oxidation sites excluding steroid dienone is 1. The molecule has 3 fully saturated rings. The van der Waals surface area contributed by atoms with Crippen molar-refractivity contribution in [1.82, 2.24) is 9.88 Å². The number of aromatic nitrogens is 1. The van der Waals surface area contributed by atoms with E-state index in [9.17, 15) is 14.0 Å². The standard InChI is InChI=1S/C22H28F2N6O/c1-3-15(9-25)6-19(26-2)27-20-7-16(17-10-30(11-17)18-12-31-13-18)8-21(28-20)29-5-4-22(23,24)14-29/h6-8,17-18H,3-5,10-14H2,1-2H3,(H,26,27,28)/b15-6+. The highest BCUT2D eigenvalue weighted by Gasteiger charge is 2.40. The molecule has 0 amide bonds. The lowest BCUT2D eigenvalue weighted by Gasteiger charge is -2.47. The number of alkyl halides is 2. The molecule has 0 unspecified atom stereocenters. The second-order valence-electron chi connectivity index (χ2n) is 8.38. The topological polar surface area (TPSA) is 76.8 Å². The predicted molar refractivity (Wildman–Crippen MR) is 116 cm³/mol. The average molecular weight is 431 g/mol. The molecule has 9 heteroatoms. The maximum atomic E-state index is 13.8. The third-order valence-corrected chi connectivity index (χ3v) is 6.18. The van der Waals surface area contributed by atoms with Gasteiger partial charge in [0.15, 0.2) is 0 Å². The van der Waals surface area contributed by atoms with Gasteiger partial charge in [0.1, 0.15) is 17.5 Å². The number of nitrogens with zero attached hydrogens (tertiary/aromatic N) is 5. The molecule has 0 aliphatic carbocycles. The van der Waals surface area contributed by atoms with Crippen LogP contribution in [0.4, 0.5) is 20.4 Å². The molecule has 0 aromatic carbocycles. The Kier molecular flexibility index (Phi) is 6.21. The summed E-state index contributed by atoms with van der Waals surface area (Å²) in [4.78, 5) is 12.9. The van der Waals surface area contributed by atoms with E-state index >= 15 is 0 Å². The maximum absolute atomic E-state index is 13.8. The normalized spacial score (nSPS) is 22.7. The van der Waals surface area contributed by atoms with E-state index in [-0.39, 0.29) is 19.5 Å². The van der Waals surface area contributed by atoms with Crippen molar-refractivity contribution in [3.05, 3.63) is 29.3 Å². The second-order valence-corrected chi connectivity index (χ2v) is 8.38. The van der Waals surface area contributed by atoms with Crippen molar-refractivity contribution in [3.63, 3.8) is 0 Å². The van der Waals surface area contributed by atoms with Gasteiger partial charge in [-0.2, -0.15) is 5.26 Å². The summed E-state index contributed by atoms with van der Waals surface area (Å²) in [7, 11) is 1.64. The van der Waals surface area contributed by atoms with Crippen LogP contribution in [0, 0.1) is 11.3 Å². The number of hydrogen-bond donors (Lipinski definition) is 1. The molecule has 0 saturated carbocycles. The first-order chi connectivity index (χ1) is 14.9. The highest BCUT2D eigenvalue weighted by atomic mass is 19.3. The lowest BCUT2D eigenvalue weighted by Crippen LogP contribution is -2.58. The first-order valence-corrected chi connectivity index (χ1v) is 10.7. The maximum Gasteiger partial charge on any atom is 0.266 e. The Bertz CT molecular complexity index is 915. The van der Waals surface area contributed by atoms with Crippen LogP contribution in [-0.2, 0) is 4.74 Å². The van der Waals surface area contributed by atoms with Crippen LogP contribution < -0.4 is 10.2 Å². The molecule has 0 radical (unpaired) electrons. The van der Waals surface area contributed by atoms with Gasteiger partial charge in [0.25, 0.3) is 5.92 Å². The highest BCUT2D eigenvalue weighted by molar-refractivity contribution is 6.04. The SMILES string of the molecule is CC/C(C#N)=C\C(=NC)Nc1cc(C2CN(C3COC3)C2)cc(N2CCC(F)(F)C2)n1. The van der Waals surface area contributed by atoms with Crippen molar-refractivity contribution in [2.75, 3.05) is 56.7 Å². The summed E-state index contributed by atoms with van der Waals surface area (Å²) in [6, 6.07) is 6.56. The van der Waals surface area contributed by atoms with Crippen molar-refractivity contribution < 1.29 is 13.5 Å². The van der Waals surface area contributed by atoms with E-state index in [4.69, 9.17) is 4.74 Å². The average Bonchev–Trinajstić information content (AvgIpc) is 3.05. The smallest absolute Gasteiger partial charge is 0.266 e. The molecule has 1 aromatic rings. The summed E-state index contributed by atoms with van der Waals surface area (Å²) in [5, 5.41) is 12.4. The zero-order valence-electron chi connectivity index (χ0n) is 17.9. The molecule has 3 aliphatic heterocycles. The van der Waals surface area contributed by atoms with Gasteiger partial charge < -0.3 is 15.0 Å². The van der Waals surface area contributed by atoms with Gasteiger partial charge in [-0.25, -0.2) is 13.8 Å². The van der Waals surface area contributed by atoms with Gasteiger partial charge in [-0.15, -0.1) is 0 Å². The molecule has 31 heavy (non-hydrogen) atoms. The molecule has 0 bridgehead atoms. The number of likely N-dealkylation sites (tertiary alicyclic amines) is 1. The zero-order chi connectivity index (χ0) is 22.0. The van der Waals surface area contributed by atoms with E-state index in [2.05, 4.69) is 26.3 Å². The summed E-state index contributed by atoms with van der Waals surface area (Å²) in [6.45, 7) is 5.29. The Morgan fingerprint density at radius 1 is 1.42 bits per heavy atom. The molecule has 3 aliphatic rings. The van der Waals surface area contributed by atoms with Gasteiger partial charge in [0.2, 0.25) is 0 Å². The van der Waals surface area contributed by atoms with Gasteiger partial charge in [-0.1, -0.05) is 6.92 Å². The largest absolute Gasteiger partial charge is 0.378 e. The Morgan fingerprint density at radius 2 is 2.19 bits per heavy atom. The molecule has 4 rings (SSSR count). The first-order valence-electron chi connectivity index (χ1n) is 10.7. The molecule has 1 aromatic heterocycles. The van der Waals surface area contributed by atoms with Gasteiger partial charge >= 0.3 is 0 Å². The number of anilines is 2. The minimum absolute atomic E-state index is 0.160. The van der Waals surface area contributed by atoms with Crippen LogP contribution in [0.25, 0.3) is 0 Å². The Balaban J connectivity index is 1.57. The van der Waals surface area contributed by atoms with Crippen LogP contribution >= 0.6 is 0 Å². The lowest BCUT2D eigenvalue weighted by molar-refractivity contribution is -0.0906. The summed E-state index contributed by atoms with van der Waals surface area (Å²) in [6.07, 6.45) is 2.13. The molecular weight excluding hydrogens is 402 g/mol. The van der Waals surface area contributed by atoms with E-state index in [1.165, 1.54) is 0 Å². The van der Waals surface area contributed by atoms with Gasteiger partial charge in [0.05, 0.1) is 31.9 Å². The molecule has 166 valence electrons. The fraction of sp³-hybridized carbons (Fsp3) is 0.591. The molecule has 3 saturated heterocycles. The number of halogens is 2.